The maximum atomic E-state index is 13.6. The lowest BCUT2D eigenvalue weighted by molar-refractivity contribution is -0.119. The van der Waals surface area contributed by atoms with Gasteiger partial charge < -0.3 is 10.6 Å². The third-order valence-corrected chi connectivity index (χ3v) is 7.23. The molecule has 35 heavy (non-hydrogen) atoms. The molecule has 2 N–H and O–H groups in total. The molecule has 0 radical (unpaired) electrons. The zero-order valence-corrected chi connectivity index (χ0v) is 20.9. The summed E-state index contributed by atoms with van der Waals surface area (Å²) in [6.07, 6.45) is 7.99. The van der Waals surface area contributed by atoms with Crippen molar-refractivity contribution in [3.8, 4) is 11.3 Å². The lowest BCUT2D eigenvalue weighted by atomic mass is 9.88. The molecule has 8 nitrogen and oxygen atoms in total. The Morgan fingerprint density at radius 3 is 2.20 bits per heavy atom. The molecule has 2 aliphatic rings. The summed E-state index contributed by atoms with van der Waals surface area (Å²) in [6.45, 7) is 6.01. The topological polar surface area (TPSA) is 93.8 Å². The summed E-state index contributed by atoms with van der Waals surface area (Å²) >= 11 is 0. The molecule has 2 saturated carbocycles. The third-order valence-electron chi connectivity index (χ3n) is 7.23. The fourth-order valence-corrected chi connectivity index (χ4v) is 5.24. The van der Waals surface area contributed by atoms with Crippen molar-refractivity contribution in [3.63, 3.8) is 0 Å². The van der Waals surface area contributed by atoms with Gasteiger partial charge in [0.1, 0.15) is 11.7 Å². The Kier molecular flexibility index (Phi) is 6.21. The van der Waals surface area contributed by atoms with E-state index in [9.17, 15) is 9.59 Å². The highest BCUT2D eigenvalue weighted by atomic mass is 16.2. The number of nitrogens with zero attached hydrogens (tertiary/aromatic N) is 4. The van der Waals surface area contributed by atoms with Crippen LogP contribution >= 0.6 is 0 Å². The van der Waals surface area contributed by atoms with Crippen molar-refractivity contribution in [3.05, 3.63) is 54.0 Å². The Bertz CT molecular complexity index is 1190. The summed E-state index contributed by atoms with van der Waals surface area (Å²) in [5.41, 5.74) is 4.40. The number of rotatable bonds is 9. The number of hydrogen-bond donors (Lipinski definition) is 2. The zero-order valence-electron chi connectivity index (χ0n) is 20.9. The molecule has 0 bridgehead atoms. The van der Waals surface area contributed by atoms with Crippen LogP contribution in [0.2, 0.25) is 0 Å². The molecule has 2 amide bonds. The van der Waals surface area contributed by atoms with Gasteiger partial charge in [0.2, 0.25) is 5.91 Å². The van der Waals surface area contributed by atoms with Gasteiger partial charge in [0.05, 0.1) is 11.9 Å². The van der Waals surface area contributed by atoms with Crippen LogP contribution in [0.4, 0.5) is 5.69 Å². The number of carbonyl (C=O) groups is 2. The largest absolute Gasteiger partial charge is 0.339 e. The molecule has 5 rings (SSSR count). The highest BCUT2D eigenvalue weighted by molar-refractivity contribution is 6.01. The Labute approximate surface area is 206 Å². The molecule has 8 heteroatoms. The molecule has 1 aromatic carbocycles. The van der Waals surface area contributed by atoms with Crippen molar-refractivity contribution < 1.29 is 9.59 Å². The molecule has 2 fully saturated rings. The van der Waals surface area contributed by atoms with Crippen LogP contribution in [0.3, 0.4) is 0 Å². The predicted molar refractivity (Wildman–Crippen MR) is 135 cm³/mol. The first-order valence-electron chi connectivity index (χ1n) is 12.6. The summed E-state index contributed by atoms with van der Waals surface area (Å²) in [5, 5.41) is 14.8. The molecule has 2 aromatic heterocycles. The fourth-order valence-electron chi connectivity index (χ4n) is 5.24. The summed E-state index contributed by atoms with van der Waals surface area (Å²) in [4.78, 5) is 26.9. The molecule has 0 spiro atoms. The minimum Gasteiger partial charge on any atom is -0.339 e. The maximum Gasteiger partial charge on any atom is 0.270 e. The van der Waals surface area contributed by atoms with Crippen LogP contribution in [0.25, 0.3) is 11.3 Å². The minimum absolute atomic E-state index is 0.0577. The normalized spacial score (nSPS) is 16.5. The first-order valence-corrected chi connectivity index (χ1v) is 12.6. The standard InChI is InChI=1S/C27H34N6O2/c1-16(2)33-22(13-14-28-33)26(34)31-24(23(18-5-6-18)19-7-8-19)27(35)30-21-11-9-20(10-12-21)25-17(3)15-29-32(25)4/h9-16,18-19,23-24H,5-8H2,1-4H3,(H,30,35)(H,31,34). The number of anilines is 1. The van der Waals surface area contributed by atoms with Crippen molar-refractivity contribution in [1.82, 2.24) is 24.9 Å². The number of amides is 2. The summed E-state index contributed by atoms with van der Waals surface area (Å²) < 4.78 is 3.55. The van der Waals surface area contributed by atoms with Gasteiger partial charge in [-0.05, 0) is 88.0 Å². The Balaban J connectivity index is 1.36. The number of aryl methyl sites for hydroxylation is 2. The minimum atomic E-state index is -0.572. The Morgan fingerprint density at radius 2 is 1.66 bits per heavy atom. The van der Waals surface area contributed by atoms with Gasteiger partial charge in [-0.25, -0.2) is 0 Å². The second-order valence-corrected chi connectivity index (χ2v) is 10.3. The van der Waals surface area contributed by atoms with E-state index in [-0.39, 0.29) is 23.8 Å². The molecule has 0 saturated heterocycles. The molecular weight excluding hydrogens is 440 g/mol. The van der Waals surface area contributed by atoms with E-state index in [4.69, 9.17) is 0 Å². The molecule has 3 aromatic rings. The van der Waals surface area contributed by atoms with E-state index in [2.05, 4.69) is 20.8 Å². The average molecular weight is 475 g/mol. The van der Waals surface area contributed by atoms with E-state index < -0.39 is 6.04 Å². The highest BCUT2D eigenvalue weighted by Gasteiger charge is 2.48. The Hall–Kier alpha value is -3.42. The SMILES string of the molecule is Cc1cnn(C)c1-c1ccc(NC(=O)C(NC(=O)c2ccnn2C(C)C)C(C2CC2)C2CC2)cc1. The molecule has 1 unspecified atom stereocenters. The van der Waals surface area contributed by atoms with Gasteiger partial charge in [-0.1, -0.05) is 12.1 Å². The van der Waals surface area contributed by atoms with E-state index in [1.54, 1.807) is 16.9 Å². The third kappa shape index (κ3) is 4.88. The zero-order chi connectivity index (χ0) is 24.7. The van der Waals surface area contributed by atoms with Crippen molar-refractivity contribution in [2.24, 2.45) is 24.8 Å². The number of carbonyl (C=O) groups excluding carboxylic acids is 2. The van der Waals surface area contributed by atoms with Gasteiger partial charge >= 0.3 is 0 Å². The van der Waals surface area contributed by atoms with Crippen LogP contribution in [0.15, 0.2) is 42.7 Å². The fraction of sp³-hybridized carbons (Fsp3) is 0.481. The molecule has 0 aliphatic heterocycles. The first kappa shape index (κ1) is 23.3. The van der Waals surface area contributed by atoms with Gasteiger partial charge in [0, 0.05) is 30.5 Å². The van der Waals surface area contributed by atoms with Crippen LogP contribution < -0.4 is 10.6 Å². The monoisotopic (exact) mass is 474 g/mol. The van der Waals surface area contributed by atoms with Crippen LogP contribution in [0.1, 0.15) is 61.6 Å². The van der Waals surface area contributed by atoms with Crippen LogP contribution in [-0.2, 0) is 11.8 Å². The number of benzene rings is 1. The van der Waals surface area contributed by atoms with E-state index in [0.717, 1.165) is 48.2 Å². The smallest absolute Gasteiger partial charge is 0.270 e. The molecular formula is C27H34N6O2. The summed E-state index contributed by atoms with van der Waals surface area (Å²) in [5.74, 6) is 0.783. The Morgan fingerprint density at radius 1 is 1.00 bits per heavy atom. The molecule has 2 aliphatic carbocycles. The molecule has 2 heterocycles. The quantitative estimate of drug-likeness (QED) is 0.482. The van der Waals surface area contributed by atoms with Crippen molar-refractivity contribution in [1.29, 1.82) is 0 Å². The van der Waals surface area contributed by atoms with Gasteiger partial charge in [0.25, 0.3) is 5.91 Å². The number of hydrogen-bond acceptors (Lipinski definition) is 4. The average Bonchev–Trinajstić information content (AvgIpc) is 3.76. The number of aromatic nitrogens is 4. The van der Waals surface area contributed by atoms with Gasteiger partial charge in [0.15, 0.2) is 0 Å². The second-order valence-electron chi connectivity index (χ2n) is 10.3. The lowest BCUT2D eigenvalue weighted by Gasteiger charge is -2.28. The predicted octanol–water partition coefficient (Wildman–Crippen LogP) is 4.35. The van der Waals surface area contributed by atoms with Crippen LogP contribution in [-0.4, -0.2) is 37.4 Å². The van der Waals surface area contributed by atoms with Crippen LogP contribution in [0, 0.1) is 24.7 Å². The van der Waals surface area contributed by atoms with E-state index >= 15 is 0 Å². The van der Waals surface area contributed by atoms with Gasteiger partial charge in [-0.15, -0.1) is 0 Å². The van der Waals surface area contributed by atoms with Crippen molar-refractivity contribution >= 4 is 17.5 Å². The maximum absolute atomic E-state index is 13.6. The second kappa shape index (κ2) is 9.32. The van der Waals surface area contributed by atoms with E-state index in [1.807, 2.05) is 63.0 Å². The van der Waals surface area contributed by atoms with Gasteiger partial charge in [-0.3, -0.25) is 19.0 Å². The van der Waals surface area contributed by atoms with Crippen molar-refractivity contribution in [2.45, 2.75) is 58.5 Å². The summed E-state index contributed by atoms with van der Waals surface area (Å²) in [6, 6.07) is 9.01. The lowest BCUT2D eigenvalue weighted by Crippen LogP contribution is -2.50. The van der Waals surface area contributed by atoms with Crippen LogP contribution in [0.5, 0.6) is 0 Å². The van der Waals surface area contributed by atoms with Crippen molar-refractivity contribution in [2.75, 3.05) is 5.32 Å². The highest BCUT2D eigenvalue weighted by Crippen LogP contribution is 2.51. The van der Waals surface area contributed by atoms with E-state index in [0.29, 0.717) is 17.5 Å². The first-order chi connectivity index (χ1) is 16.8. The summed E-state index contributed by atoms with van der Waals surface area (Å²) in [7, 11) is 1.92. The molecule has 184 valence electrons. The van der Waals surface area contributed by atoms with Gasteiger partial charge in [-0.2, -0.15) is 10.2 Å². The number of nitrogens with one attached hydrogen (secondary N) is 2. The molecule has 1 atom stereocenters. The van der Waals surface area contributed by atoms with E-state index in [1.165, 1.54) is 0 Å².